The van der Waals surface area contributed by atoms with Crippen LogP contribution in [0.3, 0.4) is 0 Å². The number of nitrogens with one attached hydrogen (secondary N) is 2. The Morgan fingerprint density at radius 2 is 1.70 bits per heavy atom. The predicted octanol–water partition coefficient (Wildman–Crippen LogP) is 4.79. The van der Waals surface area contributed by atoms with Crippen molar-refractivity contribution >= 4 is 57.4 Å². The fourth-order valence-electron chi connectivity index (χ4n) is 1.83. The highest BCUT2D eigenvalue weighted by Gasteiger charge is 2.12. The minimum Gasteiger partial charge on any atom is -0.326 e. The molecule has 2 aromatic carbocycles. The molecule has 2 N–H and O–H groups in total. The number of carbonyl (C=O) groups is 2. The van der Waals surface area contributed by atoms with Crippen LogP contribution in [0.4, 0.5) is 11.4 Å². The molecule has 2 amide bonds. The first-order chi connectivity index (χ1) is 10.9. The zero-order valence-electron chi connectivity index (χ0n) is 12.7. The van der Waals surface area contributed by atoms with Crippen molar-refractivity contribution < 1.29 is 9.59 Å². The zero-order valence-corrected chi connectivity index (χ0v) is 15.6. The van der Waals surface area contributed by atoms with Gasteiger partial charge in [-0.3, -0.25) is 9.59 Å². The maximum absolute atomic E-state index is 12.3. The van der Waals surface area contributed by atoms with Gasteiger partial charge in [-0.15, -0.1) is 0 Å². The monoisotopic (exact) mass is 442 g/mol. The fraction of sp³-hybridized carbons (Fsp3) is 0.176. The minimum atomic E-state index is -0.291. The van der Waals surface area contributed by atoms with E-state index in [0.717, 1.165) is 3.57 Å². The van der Waals surface area contributed by atoms with E-state index in [1.807, 2.05) is 19.9 Å². The molecular weight excluding hydrogens is 427 g/mol. The first-order valence-corrected chi connectivity index (χ1v) is 8.50. The van der Waals surface area contributed by atoms with Gasteiger partial charge in [-0.2, -0.15) is 0 Å². The Labute approximate surface area is 153 Å². The Bertz CT molecular complexity index is 747. The quantitative estimate of drug-likeness (QED) is 0.669. The van der Waals surface area contributed by atoms with Gasteiger partial charge in [0.1, 0.15) is 0 Å². The summed E-state index contributed by atoms with van der Waals surface area (Å²) in [5.74, 6) is -0.478. The normalized spacial score (nSPS) is 10.5. The van der Waals surface area contributed by atoms with Crippen molar-refractivity contribution in [2.75, 3.05) is 10.6 Å². The summed E-state index contributed by atoms with van der Waals surface area (Å²) in [6.07, 6.45) is 0. The molecule has 2 rings (SSSR count). The van der Waals surface area contributed by atoms with Gasteiger partial charge in [-0.25, -0.2) is 0 Å². The summed E-state index contributed by atoms with van der Waals surface area (Å²) < 4.78 is 0.926. The minimum absolute atomic E-state index is 0.0749. The summed E-state index contributed by atoms with van der Waals surface area (Å²) >= 11 is 8.20. The van der Waals surface area contributed by atoms with E-state index >= 15 is 0 Å². The molecule has 2 aromatic rings. The third-order valence-electron chi connectivity index (χ3n) is 3.09. The zero-order chi connectivity index (χ0) is 17.0. The van der Waals surface area contributed by atoms with Crippen LogP contribution >= 0.6 is 34.2 Å². The van der Waals surface area contributed by atoms with Crippen LogP contribution in [0.5, 0.6) is 0 Å². The third-order valence-corrected chi connectivity index (χ3v) is 4.09. The molecule has 0 radical (unpaired) electrons. The first-order valence-electron chi connectivity index (χ1n) is 7.04. The fourth-order valence-corrected chi connectivity index (χ4v) is 2.53. The number of amides is 2. The second-order valence-corrected chi connectivity index (χ2v) is 6.96. The Hall–Kier alpha value is -1.60. The number of hydrogen-bond donors (Lipinski definition) is 2. The molecule has 0 unspecified atom stereocenters. The number of benzene rings is 2. The topological polar surface area (TPSA) is 58.2 Å². The molecule has 0 aliphatic carbocycles. The van der Waals surface area contributed by atoms with Gasteiger partial charge >= 0.3 is 0 Å². The third kappa shape index (κ3) is 4.94. The second kappa shape index (κ2) is 7.79. The van der Waals surface area contributed by atoms with Crippen LogP contribution in [0.15, 0.2) is 42.5 Å². The van der Waals surface area contributed by atoms with Crippen LogP contribution in [0.25, 0.3) is 0 Å². The number of rotatable bonds is 4. The van der Waals surface area contributed by atoms with Crippen molar-refractivity contribution in [2.45, 2.75) is 13.8 Å². The molecule has 0 atom stereocenters. The first kappa shape index (κ1) is 17.7. The van der Waals surface area contributed by atoms with E-state index < -0.39 is 0 Å². The maximum atomic E-state index is 12.3. The molecular formula is C17H16ClIN2O2. The Kier molecular flexibility index (Phi) is 6.01. The van der Waals surface area contributed by atoms with Gasteiger partial charge in [-0.1, -0.05) is 31.5 Å². The largest absolute Gasteiger partial charge is 0.326 e. The molecule has 120 valence electrons. The predicted molar refractivity (Wildman–Crippen MR) is 102 cm³/mol. The van der Waals surface area contributed by atoms with Gasteiger partial charge in [-0.05, 0) is 59.0 Å². The standard InChI is InChI=1S/C17H16ClIN2O2/c1-10(2)16(22)20-12-4-3-5-13(9-12)21-17(23)14-8-11(19)6-7-15(14)18/h3-10H,1-2H3,(H,20,22)(H,21,23). The van der Waals surface area contributed by atoms with Gasteiger partial charge in [0.05, 0.1) is 10.6 Å². The van der Waals surface area contributed by atoms with Gasteiger partial charge in [0.15, 0.2) is 0 Å². The molecule has 23 heavy (non-hydrogen) atoms. The summed E-state index contributed by atoms with van der Waals surface area (Å²) in [5.41, 5.74) is 1.64. The molecule has 0 saturated carbocycles. The van der Waals surface area contributed by atoms with Crippen molar-refractivity contribution in [3.8, 4) is 0 Å². The van der Waals surface area contributed by atoms with E-state index in [1.54, 1.807) is 36.4 Å². The lowest BCUT2D eigenvalue weighted by atomic mass is 10.2. The van der Waals surface area contributed by atoms with Crippen LogP contribution in [-0.2, 0) is 4.79 Å². The molecule has 6 heteroatoms. The van der Waals surface area contributed by atoms with E-state index in [1.165, 1.54) is 0 Å². The van der Waals surface area contributed by atoms with E-state index in [4.69, 9.17) is 11.6 Å². The number of anilines is 2. The van der Waals surface area contributed by atoms with E-state index in [0.29, 0.717) is 22.0 Å². The SMILES string of the molecule is CC(C)C(=O)Nc1cccc(NC(=O)c2cc(I)ccc2Cl)c1. The Morgan fingerprint density at radius 1 is 1.04 bits per heavy atom. The molecule has 0 aromatic heterocycles. The molecule has 4 nitrogen and oxygen atoms in total. The van der Waals surface area contributed by atoms with Crippen molar-refractivity contribution in [1.29, 1.82) is 0 Å². The molecule has 0 spiro atoms. The van der Waals surface area contributed by atoms with Gasteiger partial charge < -0.3 is 10.6 Å². The lowest BCUT2D eigenvalue weighted by Gasteiger charge is -2.11. The number of halogens is 2. The van der Waals surface area contributed by atoms with Crippen LogP contribution < -0.4 is 10.6 Å². The Morgan fingerprint density at radius 3 is 2.35 bits per heavy atom. The van der Waals surface area contributed by atoms with Crippen molar-refractivity contribution in [3.63, 3.8) is 0 Å². The number of hydrogen-bond acceptors (Lipinski definition) is 2. The smallest absolute Gasteiger partial charge is 0.257 e. The highest BCUT2D eigenvalue weighted by atomic mass is 127. The molecule has 0 aliphatic rings. The molecule has 0 bridgehead atoms. The average molecular weight is 443 g/mol. The second-order valence-electron chi connectivity index (χ2n) is 5.30. The summed E-state index contributed by atoms with van der Waals surface area (Å²) in [6.45, 7) is 3.64. The van der Waals surface area contributed by atoms with Crippen molar-refractivity contribution in [1.82, 2.24) is 0 Å². The van der Waals surface area contributed by atoms with Crippen LogP contribution in [0.1, 0.15) is 24.2 Å². The van der Waals surface area contributed by atoms with Gasteiger partial charge in [0.25, 0.3) is 5.91 Å². The average Bonchev–Trinajstić information content (AvgIpc) is 2.49. The summed E-state index contributed by atoms with van der Waals surface area (Å²) in [4.78, 5) is 24.1. The van der Waals surface area contributed by atoms with Crippen molar-refractivity contribution in [3.05, 3.63) is 56.6 Å². The van der Waals surface area contributed by atoms with Crippen LogP contribution in [-0.4, -0.2) is 11.8 Å². The van der Waals surface area contributed by atoms with Crippen LogP contribution in [0.2, 0.25) is 5.02 Å². The van der Waals surface area contributed by atoms with E-state index in [9.17, 15) is 9.59 Å². The molecule has 0 saturated heterocycles. The molecule has 0 aliphatic heterocycles. The Balaban J connectivity index is 2.15. The van der Waals surface area contributed by atoms with E-state index in [-0.39, 0.29) is 17.7 Å². The number of carbonyl (C=O) groups excluding carboxylic acids is 2. The van der Waals surface area contributed by atoms with Crippen molar-refractivity contribution in [2.24, 2.45) is 5.92 Å². The van der Waals surface area contributed by atoms with Crippen LogP contribution in [0, 0.1) is 9.49 Å². The van der Waals surface area contributed by atoms with Gasteiger partial charge in [0, 0.05) is 20.9 Å². The maximum Gasteiger partial charge on any atom is 0.257 e. The summed E-state index contributed by atoms with van der Waals surface area (Å²) in [7, 11) is 0. The highest BCUT2D eigenvalue weighted by Crippen LogP contribution is 2.21. The lowest BCUT2D eigenvalue weighted by molar-refractivity contribution is -0.118. The van der Waals surface area contributed by atoms with E-state index in [2.05, 4.69) is 33.2 Å². The molecule has 0 fully saturated rings. The lowest BCUT2D eigenvalue weighted by Crippen LogP contribution is -2.18. The van der Waals surface area contributed by atoms with Gasteiger partial charge in [0.2, 0.25) is 5.91 Å². The summed E-state index contributed by atoms with van der Waals surface area (Å²) in [5, 5.41) is 5.98. The summed E-state index contributed by atoms with van der Waals surface area (Å²) in [6, 6.07) is 12.3. The molecule has 0 heterocycles. The highest BCUT2D eigenvalue weighted by molar-refractivity contribution is 14.1.